The van der Waals surface area contributed by atoms with E-state index in [0.29, 0.717) is 29.5 Å². The second kappa shape index (κ2) is 7.88. The molecule has 2 aromatic rings. The first-order chi connectivity index (χ1) is 11.0. The summed E-state index contributed by atoms with van der Waals surface area (Å²) in [6.07, 6.45) is 1.29. The molecule has 0 spiro atoms. The van der Waals surface area contributed by atoms with Crippen LogP contribution in [0.25, 0.3) is 0 Å². The molecule has 5 heteroatoms. The van der Waals surface area contributed by atoms with E-state index in [-0.39, 0.29) is 0 Å². The molecular formula is C18H20ClNO3. The predicted octanol–water partition coefficient (Wildman–Crippen LogP) is 4.53. The van der Waals surface area contributed by atoms with Gasteiger partial charge < -0.3 is 14.7 Å². The van der Waals surface area contributed by atoms with Crippen LogP contribution in [0, 0.1) is 20.8 Å². The highest BCUT2D eigenvalue weighted by Crippen LogP contribution is 2.24. The number of aryl methyl sites for hydroxylation is 2. The summed E-state index contributed by atoms with van der Waals surface area (Å²) in [6, 6.07) is 9.29. The molecule has 0 fully saturated rings. The van der Waals surface area contributed by atoms with Crippen molar-refractivity contribution in [2.45, 2.75) is 20.8 Å². The summed E-state index contributed by atoms with van der Waals surface area (Å²) in [5.41, 5.74) is 4.13. The summed E-state index contributed by atoms with van der Waals surface area (Å²) in [5, 5.41) is 12.3. The molecule has 0 unspecified atom stereocenters. The van der Waals surface area contributed by atoms with Crippen LogP contribution in [-0.2, 0) is 0 Å². The Hall–Kier alpha value is -2.20. The Morgan fingerprint density at radius 3 is 2.43 bits per heavy atom. The molecule has 0 aliphatic rings. The third kappa shape index (κ3) is 4.63. The Labute approximate surface area is 141 Å². The van der Waals surface area contributed by atoms with Crippen LogP contribution in [0.3, 0.4) is 0 Å². The Kier molecular flexibility index (Phi) is 5.88. The second-order valence-electron chi connectivity index (χ2n) is 5.33. The van der Waals surface area contributed by atoms with Crippen molar-refractivity contribution in [3.63, 3.8) is 0 Å². The van der Waals surface area contributed by atoms with Gasteiger partial charge in [-0.2, -0.15) is 0 Å². The molecule has 2 rings (SSSR count). The van der Waals surface area contributed by atoms with Gasteiger partial charge in [0, 0.05) is 10.6 Å². The van der Waals surface area contributed by atoms with Crippen molar-refractivity contribution in [1.82, 2.24) is 0 Å². The minimum atomic E-state index is 0.375. The van der Waals surface area contributed by atoms with E-state index in [1.165, 1.54) is 17.3 Å². The largest absolute Gasteiger partial charge is 0.490 e. The van der Waals surface area contributed by atoms with E-state index in [9.17, 15) is 0 Å². The smallest absolute Gasteiger partial charge is 0.128 e. The first-order valence-corrected chi connectivity index (χ1v) is 7.69. The van der Waals surface area contributed by atoms with Gasteiger partial charge in [0.1, 0.15) is 24.7 Å². The average molecular weight is 334 g/mol. The summed E-state index contributed by atoms with van der Waals surface area (Å²) in [4.78, 5) is 0. The molecule has 0 aliphatic heterocycles. The lowest BCUT2D eigenvalue weighted by Gasteiger charge is -2.13. The van der Waals surface area contributed by atoms with E-state index >= 15 is 0 Å². The van der Waals surface area contributed by atoms with E-state index in [0.717, 1.165) is 11.3 Å². The average Bonchev–Trinajstić information content (AvgIpc) is 2.50. The van der Waals surface area contributed by atoms with Crippen LogP contribution in [0.4, 0.5) is 0 Å². The summed E-state index contributed by atoms with van der Waals surface area (Å²) >= 11 is 5.92. The maximum atomic E-state index is 8.68. The van der Waals surface area contributed by atoms with Crippen molar-refractivity contribution < 1.29 is 14.7 Å². The second-order valence-corrected chi connectivity index (χ2v) is 5.77. The van der Waals surface area contributed by atoms with Crippen LogP contribution in [0.15, 0.2) is 35.5 Å². The van der Waals surface area contributed by atoms with Crippen LogP contribution < -0.4 is 9.47 Å². The van der Waals surface area contributed by atoms with E-state index in [1.807, 2.05) is 19.9 Å². The number of benzene rings is 2. The van der Waals surface area contributed by atoms with Crippen molar-refractivity contribution >= 4 is 17.8 Å². The first kappa shape index (κ1) is 17.2. The fourth-order valence-electron chi connectivity index (χ4n) is 2.27. The predicted molar refractivity (Wildman–Crippen MR) is 92.5 cm³/mol. The maximum absolute atomic E-state index is 8.68. The zero-order chi connectivity index (χ0) is 16.8. The van der Waals surface area contributed by atoms with Gasteiger partial charge >= 0.3 is 0 Å². The van der Waals surface area contributed by atoms with Gasteiger partial charge in [0.25, 0.3) is 0 Å². The van der Waals surface area contributed by atoms with Gasteiger partial charge in [0.2, 0.25) is 0 Å². The minimum Gasteiger partial charge on any atom is -0.490 e. The molecule has 23 heavy (non-hydrogen) atoms. The Morgan fingerprint density at radius 2 is 1.74 bits per heavy atom. The molecule has 0 aliphatic carbocycles. The molecular weight excluding hydrogens is 314 g/mol. The third-order valence-electron chi connectivity index (χ3n) is 3.53. The van der Waals surface area contributed by atoms with Gasteiger partial charge in [0.15, 0.2) is 0 Å². The van der Waals surface area contributed by atoms with Crippen LogP contribution in [0.1, 0.15) is 22.3 Å². The SMILES string of the molecule is Cc1cc(C)c(C)c(OCCOc2ccc(Cl)cc2/C=N/O)c1. The Balaban J connectivity index is 1.96. The highest BCUT2D eigenvalue weighted by atomic mass is 35.5. The quantitative estimate of drug-likeness (QED) is 0.365. The molecule has 0 radical (unpaired) electrons. The first-order valence-electron chi connectivity index (χ1n) is 7.31. The molecule has 0 heterocycles. The molecule has 2 aromatic carbocycles. The molecule has 122 valence electrons. The number of hydrogen-bond acceptors (Lipinski definition) is 4. The maximum Gasteiger partial charge on any atom is 0.128 e. The number of oxime groups is 1. The fourth-order valence-corrected chi connectivity index (χ4v) is 2.45. The van der Waals surface area contributed by atoms with Crippen LogP contribution in [0.2, 0.25) is 5.02 Å². The lowest BCUT2D eigenvalue weighted by molar-refractivity contribution is 0.216. The highest BCUT2D eigenvalue weighted by Gasteiger charge is 2.06. The van der Waals surface area contributed by atoms with E-state index in [1.54, 1.807) is 18.2 Å². The molecule has 0 amide bonds. The van der Waals surface area contributed by atoms with E-state index in [2.05, 4.69) is 18.1 Å². The molecule has 0 saturated carbocycles. The summed E-state index contributed by atoms with van der Waals surface area (Å²) < 4.78 is 11.5. The summed E-state index contributed by atoms with van der Waals surface area (Å²) in [5.74, 6) is 1.47. The van der Waals surface area contributed by atoms with Crippen molar-refractivity contribution in [2.75, 3.05) is 13.2 Å². The number of ether oxygens (including phenoxy) is 2. The Bertz CT molecular complexity index is 714. The van der Waals surface area contributed by atoms with Crippen molar-refractivity contribution in [3.8, 4) is 11.5 Å². The topological polar surface area (TPSA) is 51.0 Å². The van der Waals surface area contributed by atoms with Crippen LogP contribution >= 0.6 is 11.6 Å². The van der Waals surface area contributed by atoms with Gasteiger partial charge in [-0.15, -0.1) is 0 Å². The molecule has 1 N–H and O–H groups in total. The van der Waals surface area contributed by atoms with Gasteiger partial charge in [-0.25, -0.2) is 0 Å². The van der Waals surface area contributed by atoms with Crippen LogP contribution in [-0.4, -0.2) is 24.6 Å². The van der Waals surface area contributed by atoms with Crippen molar-refractivity contribution in [3.05, 3.63) is 57.6 Å². The summed E-state index contributed by atoms with van der Waals surface area (Å²) in [6.45, 7) is 6.95. The zero-order valence-corrected chi connectivity index (χ0v) is 14.2. The molecule has 0 aromatic heterocycles. The zero-order valence-electron chi connectivity index (χ0n) is 13.5. The van der Waals surface area contributed by atoms with Crippen molar-refractivity contribution in [2.24, 2.45) is 5.16 Å². The fraction of sp³-hybridized carbons (Fsp3) is 0.278. The van der Waals surface area contributed by atoms with Gasteiger partial charge in [-0.05, 0) is 61.7 Å². The molecule has 0 atom stereocenters. The number of nitrogens with zero attached hydrogens (tertiary/aromatic N) is 1. The van der Waals surface area contributed by atoms with E-state index < -0.39 is 0 Å². The lowest BCUT2D eigenvalue weighted by atomic mass is 10.1. The number of hydrogen-bond donors (Lipinski definition) is 1. The van der Waals surface area contributed by atoms with Gasteiger partial charge in [-0.1, -0.05) is 22.8 Å². The standard InChI is InChI=1S/C18H20ClNO3/c1-12-8-13(2)14(3)18(9-12)23-7-6-22-17-5-4-16(19)10-15(17)11-20-21/h4-5,8-11,21H,6-7H2,1-3H3/b20-11+. The molecule has 4 nitrogen and oxygen atoms in total. The minimum absolute atomic E-state index is 0.375. The lowest BCUT2D eigenvalue weighted by Crippen LogP contribution is -2.11. The third-order valence-corrected chi connectivity index (χ3v) is 3.77. The normalized spacial score (nSPS) is 11.0. The summed E-state index contributed by atoms with van der Waals surface area (Å²) in [7, 11) is 0. The molecule has 0 saturated heterocycles. The number of rotatable bonds is 6. The molecule has 0 bridgehead atoms. The monoisotopic (exact) mass is 333 g/mol. The van der Waals surface area contributed by atoms with Crippen LogP contribution in [0.5, 0.6) is 11.5 Å². The van der Waals surface area contributed by atoms with Gasteiger partial charge in [-0.3, -0.25) is 0 Å². The Morgan fingerprint density at radius 1 is 1.04 bits per heavy atom. The highest BCUT2D eigenvalue weighted by molar-refractivity contribution is 6.30. The number of halogens is 1. The van der Waals surface area contributed by atoms with Crippen molar-refractivity contribution in [1.29, 1.82) is 0 Å². The van der Waals surface area contributed by atoms with Gasteiger partial charge in [0.05, 0.1) is 6.21 Å². The van der Waals surface area contributed by atoms with E-state index in [4.69, 9.17) is 26.3 Å².